The number of hydrogen-bond donors (Lipinski definition) is 2. The molecule has 0 unspecified atom stereocenters. The maximum Gasteiger partial charge on any atom is 0.261 e. The van der Waals surface area contributed by atoms with Gasteiger partial charge in [-0.1, -0.05) is 53.0 Å². The summed E-state index contributed by atoms with van der Waals surface area (Å²) in [7, 11) is -3.84. The van der Waals surface area contributed by atoms with Gasteiger partial charge < -0.3 is 5.32 Å². The van der Waals surface area contributed by atoms with Crippen LogP contribution in [-0.4, -0.2) is 14.3 Å². The molecule has 0 saturated heterocycles. The van der Waals surface area contributed by atoms with Crippen molar-refractivity contribution in [1.82, 2.24) is 0 Å². The summed E-state index contributed by atoms with van der Waals surface area (Å²) < 4.78 is 27.8. The largest absolute Gasteiger partial charge is 0.322 e. The summed E-state index contributed by atoms with van der Waals surface area (Å²) in [6.07, 6.45) is 0. The van der Waals surface area contributed by atoms with E-state index in [1.807, 2.05) is 6.92 Å². The second-order valence-electron chi connectivity index (χ2n) is 6.05. The van der Waals surface area contributed by atoms with Crippen molar-refractivity contribution in [3.8, 4) is 0 Å². The molecule has 5 nitrogen and oxygen atoms in total. The van der Waals surface area contributed by atoms with Crippen LogP contribution in [0.25, 0.3) is 0 Å². The highest BCUT2D eigenvalue weighted by Crippen LogP contribution is 2.26. The molecule has 0 aromatic heterocycles. The van der Waals surface area contributed by atoms with Crippen molar-refractivity contribution in [2.75, 3.05) is 10.0 Å². The van der Waals surface area contributed by atoms with E-state index in [-0.39, 0.29) is 16.1 Å². The van der Waals surface area contributed by atoms with Gasteiger partial charge in [0.1, 0.15) is 0 Å². The number of nitrogens with one attached hydrogen (secondary N) is 2. The van der Waals surface area contributed by atoms with Crippen LogP contribution in [-0.2, 0) is 10.0 Å². The van der Waals surface area contributed by atoms with E-state index in [1.54, 1.807) is 36.4 Å². The van der Waals surface area contributed by atoms with Crippen LogP contribution < -0.4 is 10.0 Å². The lowest BCUT2D eigenvalue weighted by Gasteiger charge is -2.13. The van der Waals surface area contributed by atoms with E-state index >= 15 is 0 Å². The van der Waals surface area contributed by atoms with Crippen LogP contribution in [0.5, 0.6) is 0 Å². The van der Waals surface area contributed by atoms with Gasteiger partial charge in [-0.2, -0.15) is 0 Å². The molecule has 3 aromatic rings. The highest BCUT2D eigenvalue weighted by Gasteiger charge is 2.18. The molecule has 0 aliphatic carbocycles. The number of benzene rings is 3. The number of hydrogen-bond acceptors (Lipinski definition) is 3. The number of amides is 1. The molecular weight excluding hydrogens is 419 g/mol. The Morgan fingerprint density at radius 3 is 2.25 bits per heavy atom. The number of sulfonamides is 1. The lowest BCUT2D eigenvalue weighted by atomic mass is 10.1. The Balaban J connectivity index is 1.87. The number of carbonyl (C=O) groups is 1. The third-order valence-electron chi connectivity index (χ3n) is 3.92. The first-order valence-corrected chi connectivity index (χ1v) is 10.4. The zero-order chi connectivity index (χ0) is 20.3. The number of aryl methyl sites for hydroxylation is 1. The van der Waals surface area contributed by atoms with Gasteiger partial charge in [0.05, 0.1) is 26.2 Å². The summed E-state index contributed by atoms with van der Waals surface area (Å²) in [6, 6.07) is 17.4. The molecule has 2 N–H and O–H groups in total. The van der Waals surface area contributed by atoms with Crippen molar-refractivity contribution in [2.45, 2.75) is 11.8 Å². The molecule has 0 radical (unpaired) electrons. The third-order valence-corrected chi connectivity index (χ3v) is 6.05. The summed E-state index contributed by atoms with van der Waals surface area (Å²) in [6.45, 7) is 1.87. The molecule has 1 amide bonds. The molecular formula is C20H16Cl2N2O3S. The van der Waals surface area contributed by atoms with Crippen LogP contribution in [0, 0.1) is 6.92 Å². The topological polar surface area (TPSA) is 75.3 Å². The summed E-state index contributed by atoms with van der Waals surface area (Å²) in [5.74, 6) is -0.486. The van der Waals surface area contributed by atoms with E-state index in [0.29, 0.717) is 15.7 Å². The van der Waals surface area contributed by atoms with Crippen molar-refractivity contribution < 1.29 is 13.2 Å². The normalized spacial score (nSPS) is 11.1. The van der Waals surface area contributed by atoms with Gasteiger partial charge in [0, 0.05) is 5.69 Å². The summed E-state index contributed by atoms with van der Waals surface area (Å²) in [4.78, 5) is 12.8. The fraction of sp³-hybridized carbons (Fsp3) is 0.0500. The van der Waals surface area contributed by atoms with Crippen LogP contribution in [0.4, 0.5) is 11.4 Å². The van der Waals surface area contributed by atoms with Crippen molar-refractivity contribution in [2.24, 2.45) is 0 Å². The SMILES string of the molecule is Cc1ccc(S(=O)(=O)Nc2ccccc2C(=O)Nc2ccc(Cl)c(Cl)c2)cc1. The first-order valence-electron chi connectivity index (χ1n) is 8.21. The van der Waals surface area contributed by atoms with Gasteiger partial charge in [-0.3, -0.25) is 9.52 Å². The summed E-state index contributed by atoms with van der Waals surface area (Å²) in [5.41, 5.74) is 1.72. The second kappa shape index (κ2) is 8.22. The number of anilines is 2. The molecule has 3 rings (SSSR count). The van der Waals surface area contributed by atoms with Gasteiger partial charge in [0.15, 0.2) is 0 Å². The van der Waals surface area contributed by atoms with E-state index < -0.39 is 15.9 Å². The Kier molecular flexibility index (Phi) is 5.93. The van der Waals surface area contributed by atoms with E-state index in [2.05, 4.69) is 10.0 Å². The lowest BCUT2D eigenvalue weighted by Crippen LogP contribution is -2.18. The van der Waals surface area contributed by atoms with E-state index in [0.717, 1.165) is 5.56 Å². The molecule has 0 heterocycles. The molecule has 0 saturated carbocycles. The van der Waals surface area contributed by atoms with Crippen LogP contribution in [0.2, 0.25) is 10.0 Å². The Morgan fingerprint density at radius 1 is 0.893 bits per heavy atom. The number of carbonyl (C=O) groups excluding carboxylic acids is 1. The van der Waals surface area contributed by atoms with Crippen molar-refractivity contribution in [3.63, 3.8) is 0 Å². The van der Waals surface area contributed by atoms with Gasteiger partial charge in [0.2, 0.25) is 0 Å². The number of para-hydroxylation sites is 1. The zero-order valence-electron chi connectivity index (χ0n) is 14.7. The maximum absolute atomic E-state index is 12.7. The molecule has 144 valence electrons. The zero-order valence-corrected chi connectivity index (χ0v) is 17.1. The monoisotopic (exact) mass is 434 g/mol. The smallest absolute Gasteiger partial charge is 0.261 e. The molecule has 0 aliphatic rings. The molecule has 0 bridgehead atoms. The molecule has 8 heteroatoms. The second-order valence-corrected chi connectivity index (χ2v) is 8.54. The van der Waals surface area contributed by atoms with Gasteiger partial charge in [-0.05, 0) is 49.4 Å². The van der Waals surface area contributed by atoms with E-state index in [4.69, 9.17) is 23.2 Å². The van der Waals surface area contributed by atoms with Crippen LogP contribution in [0.3, 0.4) is 0 Å². The Hall–Kier alpha value is -2.54. The predicted octanol–water partition coefficient (Wildman–Crippen LogP) is 5.35. The molecule has 0 aliphatic heterocycles. The van der Waals surface area contributed by atoms with Crippen LogP contribution in [0.15, 0.2) is 71.6 Å². The van der Waals surface area contributed by atoms with E-state index in [9.17, 15) is 13.2 Å². The van der Waals surface area contributed by atoms with Gasteiger partial charge in [0.25, 0.3) is 15.9 Å². The minimum Gasteiger partial charge on any atom is -0.322 e. The fourth-order valence-corrected chi connectivity index (χ4v) is 3.84. The quantitative estimate of drug-likeness (QED) is 0.567. The number of halogens is 2. The van der Waals surface area contributed by atoms with Crippen molar-refractivity contribution in [3.05, 3.63) is 87.9 Å². The summed E-state index contributed by atoms with van der Waals surface area (Å²) in [5, 5.41) is 3.35. The minimum atomic E-state index is -3.84. The molecule has 0 spiro atoms. The first-order chi connectivity index (χ1) is 13.3. The maximum atomic E-state index is 12.7. The number of rotatable bonds is 5. The lowest BCUT2D eigenvalue weighted by molar-refractivity contribution is 0.102. The summed E-state index contributed by atoms with van der Waals surface area (Å²) >= 11 is 11.8. The van der Waals surface area contributed by atoms with Gasteiger partial charge in [-0.25, -0.2) is 8.42 Å². The minimum absolute atomic E-state index is 0.109. The molecule has 28 heavy (non-hydrogen) atoms. The highest BCUT2D eigenvalue weighted by atomic mass is 35.5. The van der Waals surface area contributed by atoms with Crippen molar-refractivity contribution >= 4 is 50.5 Å². The predicted molar refractivity (Wildman–Crippen MR) is 113 cm³/mol. The van der Waals surface area contributed by atoms with Crippen molar-refractivity contribution in [1.29, 1.82) is 0 Å². The highest BCUT2D eigenvalue weighted by molar-refractivity contribution is 7.92. The standard InChI is InChI=1S/C20H16Cl2N2O3S/c1-13-6-9-15(10-7-13)28(26,27)24-19-5-3-2-4-16(19)20(25)23-14-8-11-17(21)18(22)12-14/h2-12,24H,1H3,(H,23,25). The average molecular weight is 435 g/mol. The third kappa shape index (κ3) is 4.65. The van der Waals surface area contributed by atoms with E-state index in [1.165, 1.54) is 30.3 Å². The van der Waals surface area contributed by atoms with Crippen LogP contribution >= 0.6 is 23.2 Å². The molecule has 0 atom stereocenters. The Labute approximate surface area is 173 Å². The molecule has 0 fully saturated rings. The fourth-order valence-electron chi connectivity index (χ4n) is 2.46. The first kappa shape index (κ1) is 20.2. The Morgan fingerprint density at radius 2 is 1.57 bits per heavy atom. The van der Waals surface area contributed by atoms with Gasteiger partial charge in [-0.15, -0.1) is 0 Å². The average Bonchev–Trinajstić information content (AvgIpc) is 2.65. The Bertz CT molecular complexity index is 1130. The van der Waals surface area contributed by atoms with Gasteiger partial charge >= 0.3 is 0 Å². The molecule has 3 aromatic carbocycles. The van der Waals surface area contributed by atoms with Crippen LogP contribution in [0.1, 0.15) is 15.9 Å².